The van der Waals surface area contributed by atoms with Crippen LogP contribution in [0.25, 0.3) is 0 Å². The molecule has 1 fully saturated rings. The summed E-state index contributed by atoms with van der Waals surface area (Å²) < 4.78 is 0. The molecule has 0 spiro atoms. The van der Waals surface area contributed by atoms with Gasteiger partial charge in [-0.1, -0.05) is 49.1 Å². The lowest BCUT2D eigenvalue weighted by Crippen LogP contribution is -2.37. The minimum Gasteiger partial charge on any atom is -0.296 e. The number of hydrogen-bond acceptors (Lipinski definition) is 1. The average molecular weight is 247 g/mol. The lowest BCUT2D eigenvalue weighted by atomic mass is 10.2. The van der Waals surface area contributed by atoms with Gasteiger partial charge < -0.3 is 0 Å². The summed E-state index contributed by atoms with van der Waals surface area (Å²) in [6, 6.07) is 10.1. The Morgan fingerprint density at radius 3 is 2.29 bits per heavy atom. The van der Waals surface area contributed by atoms with E-state index in [0.717, 1.165) is 12.6 Å². The first kappa shape index (κ1) is 12.8. The van der Waals surface area contributed by atoms with E-state index in [-0.39, 0.29) is 0 Å². The minimum atomic E-state index is -1.13. The Kier molecular flexibility index (Phi) is 3.74. The van der Waals surface area contributed by atoms with E-state index < -0.39 is 8.07 Å². The monoisotopic (exact) mass is 247 g/mol. The van der Waals surface area contributed by atoms with Gasteiger partial charge in [-0.25, -0.2) is 0 Å². The summed E-state index contributed by atoms with van der Waals surface area (Å²) >= 11 is 0. The molecule has 1 heterocycles. The fraction of sp³-hybridized carbons (Fsp3) is 0.600. The van der Waals surface area contributed by atoms with Gasteiger partial charge >= 0.3 is 0 Å². The summed E-state index contributed by atoms with van der Waals surface area (Å²) in [6.45, 7) is 12.0. The highest BCUT2D eigenvalue weighted by molar-refractivity contribution is 6.88. The SMILES string of the molecule is CC1CCCN1Cc1ccc([Si](C)(C)C)cc1. The maximum Gasteiger partial charge on any atom is 0.0775 e. The second-order valence-electron chi connectivity index (χ2n) is 6.41. The second-order valence-corrected chi connectivity index (χ2v) is 11.5. The number of rotatable bonds is 3. The first-order valence-electron chi connectivity index (χ1n) is 6.80. The van der Waals surface area contributed by atoms with E-state index in [9.17, 15) is 0 Å². The van der Waals surface area contributed by atoms with Crippen LogP contribution in [0.2, 0.25) is 19.6 Å². The van der Waals surface area contributed by atoms with E-state index in [1.165, 1.54) is 24.9 Å². The molecule has 1 atom stereocenters. The van der Waals surface area contributed by atoms with Crippen LogP contribution in [0.15, 0.2) is 24.3 Å². The molecule has 2 heteroatoms. The second kappa shape index (κ2) is 4.95. The minimum absolute atomic E-state index is 0.770. The van der Waals surface area contributed by atoms with E-state index in [4.69, 9.17) is 0 Å². The molecular formula is C15H25NSi. The molecule has 17 heavy (non-hydrogen) atoms. The number of likely N-dealkylation sites (tertiary alicyclic amines) is 1. The van der Waals surface area contributed by atoms with E-state index in [2.05, 4.69) is 55.7 Å². The van der Waals surface area contributed by atoms with Gasteiger partial charge in [0.2, 0.25) is 0 Å². The predicted molar refractivity (Wildman–Crippen MR) is 78.5 cm³/mol. The first-order valence-corrected chi connectivity index (χ1v) is 10.3. The quantitative estimate of drug-likeness (QED) is 0.741. The molecule has 0 aliphatic carbocycles. The number of hydrogen-bond donors (Lipinski definition) is 0. The zero-order chi connectivity index (χ0) is 12.5. The van der Waals surface area contributed by atoms with Gasteiger partial charge in [0.05, 0.1) is 8.07 Å². The van der Waals surface area contributed by atoms with Crippen molar-refractivity contribution in [3.8, 4) is 0 Å². The molecule has 0 amide bonds. The van der Waals surface area contributed by atoms with Gasteiger partial charge in [-0.05, 0) is 31.9 Å². The highest BCUT2D eigenvalue weighted by Crippen LogP contribution is 2.19. The van der Waals surface area contributed by atoms with Gasteiger partial charge in [-0.2, -0.15) is 0 Å². The summed E-state index contributed by atoms with van der Waals surface area (Å²) in [6.07, 6.45) is 2.74. The van der Waals surface area contributed by atoms with Crippen molar-refractivity contribution >= 4 is 13.3 Å². The zero-order valence-electron chi connectivity index (χ0n) is 11.7. The fourth-order valence-electron chi connectivity index (χ4n) is 2.57. The van der Waals surface area contributed by atoms with Gasteiger partial charge in [-0.15, -0.1) is 0 Å². The largest absolute Gasteiger partial charge is 0.296 e. The summed E-state index contributed by atoms with van der Waals surface area (Å²) in [5, 5.41) is 1.57. The van der Waals surface area contributed by atoms with Crippen LogP contribution in [0.1, 0.15) is 25.3 Å². The molecule has 2 rings (SSSR count). The fourth-order valence-corrected chi connectivity index (χ4v) is 3.74. The smallest absolute Gasteiger partial charge is 0.0775 e. The molecule has 1 saturated heterocycles. The van der Waals surface area contributed by atoms with Gasteiger partial charge in [0.15, 0.2) is 0 Å². The number of benzene rings is 1. The van der Waals surface area contributed by atoms with Gasteiger partial charge in [0.1, 0.15) is 0 Å². The third-order valence-electron chi connectivity index (χ3n) is 3.90. The highest BCUT2D eigenvalue weighted by atomic mass is 28.3. The normalized spacial score (nSPS) is 22.0. The van der Waals surface area contributed by atoms with Gasteiger partial charge in [0.25, 0.3) is 0 Å². The van der Waals surface area contributed by atoms with Crippen molar-refractivity contribution in [3.63, 3.8) is 0 Å². The molecule has 1 nitrogen and oxygen atoms in total. The standard InChI is InChI=1S/C15H25NSi/c1-13-6-5-11-16(13)12-14-7-9-15(10-8-14)17(2,3)4/h7-10,13H,5-6,11-12H2,1-4H3. The first-order chi connectivity index (χ1) is 7.97. The Morgan fingerprint density at radius 2 is 1.82 bits per heavy atom. The molecule has 94 valence electrons. The third-order valence-corrected chi connectivity index (χ3v) is 5.96. The van der Waals surface area contributed by atoms with Crippen molar-refractivity contribution in [3.05, 3.63) is 29.8 Å². The van der Waals surface area contributed by atoms with Crippen molar-refractivity contribution in [2.75, 3.05) is 6.54 Å². The lowest BCUT2D eigenvalue weighted by Gasteiger charge is -2.22. The molecule has 1 aliphatic rings. The lowest BCUT2D eigenvalue weighted by molar-refractivity contribution is 0.260. The van der Waals surface area contributed by atoms with Crippen LogP contribution >= 0.6 is 0 Å². The van der Waals surface area contributed by atoms with Crippen molar-refractivity contribution in [1.82, 2.24) is 4.90 Å². The summed E-state index contributed by atoms with van der Waals surface area (Å²) in [5.74, 6) is 0. The third kappa shape index (κ3) is 3.20. The average Bonchev–Trinajstić information content (AvgIpc) is 2.64. The van der Waals surface area contributed by atoms with Crippen LogP contribution in [0.4, 0.5) is 0 Å². The van der Waals surface area contributed by atoms with Crippen molar-refractivity contribution < 1.29 is 0 Å². The molecule has 0 N–H and O–H groups in total. The van der Waals surface area contributed by atoms with Crippen LogP contribution in [0.5, 0.6) is 0 Å². The number of nitrogens with zero attached hydrogens (tertiary/aromatic N) is 1. The molecule has 0 bridgehead atoms. The molecule has 0 radical (unpaired) electrons. The summed E-state index contributed by atoms with van der Waals surface area (Å²) in [5.41, 5.74) is 1.47. The Balaban J connectivity index is 2.03. The van der Waals surface area contributed by atoms with Crippen molar-refractivity contribution in [1.29, 1.82) is 0 Å². The van der Waals surface area contributed by atoms with E-state index in [1.54, 1.807) is 5.19 Å². The van der Waals surface area contributed by atoms with Gasteiger partial charge in [-0.3, -0.25) is 4.90 Å². The Labute approximate surface area is 107 Å². The predicted octanol–water partition coefficient (Wildman–Crippen LogP) is 3.22. The Morgan fingerprint density at radius 1 is 1.18 bits per heavy atom. The summed E-state index contributed by atoms with van der Waals surface area (Å²) in [4.78, 5) is 2.60. The van der Waals surface area contributed by atoms with Crippen LogP contribution in [-0.4, -0.2) is 25.6 Å². The summed E-state index contributed by atoms with van der Waals surface area (Å²) in [7, 11) is -1.13. The van der Waals surface area contributed by atoms with Crippen LogP contribution in [0, 0.1) is 0 Å². The zero-order valence-corrected chi connectivity index (χ0v) is 12.7. The molecular weight excluding hydrogens is 222 g/mol. The topological polar surface area (TPSA) is 3.24 Å². The molecule has 0 saturated carbocycles. The van der Waals surface area contributed by atoms with Crippen molar-refractivity contribution in [2.24, 2.45) is 0 Å². The molecule has 1 aliphatic heterocycles. The maximum absolute atomic E-state index is 2.60. The van der Waals surface area contributed by atoms with E-state index in [0.29, 0.717) is 0 Å². The van der Waals surface area contributed by atoms with Crippen LogP contribution in [0.3, 0.4) is 0 Å². The van der Waals surface area contributed by atoms with Crippen molar-refractivity contribution in [2.45, 2.75) is 52.0 Å². The Bertz CT molecular complexity index is 364. The molecule has 1 aromatic carbocycles. The molecule has 1 aromatic rings. The highest BCUT2D eigenvalue weighted by Gasteiger charge is 2.20. The Hall–Kier alpha value is -0.603. The van der Waals surface area contributed by atoms with E-state index in [1.807, 2.05) is 0 Å². The van der Waals surface area contributed by atoms with E-state index >= 15 is 0 Å². The molecule has 0 aromatic heterocycles. The maximum atomic E-state index is 2.60. The van der Waals surface area contributed by atoms with Gasteiger partial charge in [0, 0.05) is 12.6 Å². The molecule has 1 unspecified atom stereocenters. The van der Waals surface area contributed by atoms with Crippen LogP contribution in [-0.2, 0) is 6.54 Å². The van der Waals surface area contributed by atoms with Crippen LogP contribution < -0.4 is 5.19 Å².